The Morgan fingerprint density at radius 1 is 1.13 bits per heavy atom. The molecule has 1 aliphatic rings. The second kappa shape index (κ2) is 7.35. The fraction of sp³-hybridized carbons (Fsp3) is 0.217. The van der Waals surface area contributed by atoms with Crippen molar-refractivity contribution in [1.29, 1.82) is 0 Å². The maximum absolute atomic E-state index is 13.1. The van der Waals surface area contributed by atoms with E-state index in [9.17, 15) is 4.79 Å². The van der Waals surface area contributed by atoms with E-state index in [1.165, 1.54) is 0 Å². The molecule has 0 atom stereocenters. The molecule has 0 radical (unpaired) electrons. The summed E-state index contributed by atoms with van der Waals surface area (Å²) in [5.41, 5.74) is 9.98. The third kappa shape index (κ3) is 2.95. The Labute approximate surface area is 173 Å². The van der Waals surface area contributed by atoms with E-state index in [4.69, 9.17) is 14.9 Å². The Balaban J connectivity index is 1.71. The number of benzene rings is 2. The van der Waals surface area contributed by atoms with Gasteiger partial charge in [0, 0.05) is 37.6 Å². The summed E-state index contributed by atoms with van der Waals surface area (Å²) < 4.78 is 11.7. The molecule has 4 aromatic rings. The Kier molecular flexibility index (Phi) is 4.52. The summed E-state index contributed by atoms with van der Waals surface area (Å²) in [6, 6.07) is 13.4. The van der Waals surface area contributed by atoms with E-state index in [0.29, 0.717) is 33.6 Å². The normalized spacial score (nSPS) is 14.4. The first kappa shape index (κ1) is 18.4. The predicted octanol–water partition coefficient (Wildman–Crippen LogP) is 3.01. The minimum atomic E-state index is -0.245. The third-order valence-electron chi connectivity index (χ3n) is 5.57. The van der Waals surface area contributed by atoms with Crippen molar-refractivity contribution in [3.05, 3.63) is 58.9 Å². The summed E-state index contributed by atoms with van der Waals surface area (Å²) in [7, 11) is 1.58. The van der Waals surface area contributed by atoms with Gasteiger partial charge >= 0.3 is 0 Å². The van der Waals surface area contributed by atoms with Crippen molar-refractivity contribution in [3.8, 4) is 16.9 Å². The molecule has 30 heavy (non-hydrogen) atoms. The number of nitrogens with two attached hydrogens (primary N) is 1. The number of ether oxygens (including phenoxy) is 1. The van der Waals surface area contributed by atoms with Crippen molar-refractivity contribution >= 4 is 33.4 Å². The van der Waals surface area contributed by atoms with E-state index in [1.54, 1.807) is 31.5 Å². The van der Waals surface area contributed by atoms with Gasteiger partial charge in [0.2, 0.25) is 5.43 Å². The highest BCUT2D eigenvalue weighted by Crippen LogP contribution is 2.37. The zero-order chi connectivity index (χ0) is 20.7. The topological polar surface area (TPSA) is 93.6 Å². The van der Waals surface area contributed by atoms with Crippen LogP contribution in [0.1, 0.15) is 0 Å². The van der Waals surface area contributed by atoms with Crippen LogP contribution >= 0.6 is 0 Å². The number of aromatic nitrogens is 1. The molecule has 0 spiro atoms. The molecule has 2 aromatic heterocycles. The van der Waals surface area contributed by atoms with Gasteiger partial charge in [-0.25, -0.2) is 4.98 Å². The van der Waals surface area contributed by atoms with Gasteiger partial charge in [-0.05, 0) is 29.8 Å². The van der Waals surface area contributed by atoms with E-state index in [0.717, 1.165) is 37.4 Å². The van der Waals surface area contributed by atoms with E-state index in [1.807, 2.05) is 12.1 Å². The molecule has 3 N–H and O–H groups in total. The quantitative estimate of drug-likeness (QED) is 0.402. The minimum absolute atomic E-state index is 0.238. The Morgan fingerprint density at radius 2 is 1.90 bits per heavy atom. The molecular formula is C23H22N4O3. The lowest BCUT2D eigenvalue weighted by Gasteiger charge is -2.29. The minimum Gasteiger partial charge on any atom is -0.494 e. The van der Waals surface area contributed by atoms with Crippen LogP contribution in [0.25, 0.3) is 33.2 Å². The number of fused-ring (bicyclic) bond motifs is 2. The highest BCUT2D eigenvalue weighted by molar-refractivity contribution is 6.00. The highest BCUT2D eigenvalue weighted by atomic mass is 16.5. The van der Waals surface area contributed by atoms with Gasteiger partial charge in [-0.3, -0.25) is 4.79 Å². The number of nitrogen functional groups attached to an aromatic ring is 1. The van der Waals surface area contributed by atoms with Crippen LogP contribution in [0.4, 0.5) is 11.4 Å². The van der Waals surface area contributed by atoms with E-state index < -0.39 is 0 Å². The molecule has 7 nitrogen and oxygen atoms in total. The van der Waals surface area contributed by atoms with Crippen LogP contribution in [-0.2, 0) is 0 Å². The maximum Gasteiger partial charge on any atom is 0.221 e. The Hall–Kier alpha value is -3.58. The summed E-state index contributed by atoms with van der Waals surface area (Å²) >= 11 is 0. The number of methoxy groups -OCH3 is 1. The van der Waals surface area contributed by atoms with E-state index >= 15 is 0 Å². The number of rotatable bonds is 3. The van der Waals surface area contributed by atoms with Gasteiger partial charge in [0.1, 0.15) is 11.3 Å². The predicted molar refractivity (Wildman–Crippen MR) is 119 cm³/mol. The third-order valence-corrected chi connectivity index (χ3v) is 5.57. The van der Waals surface area contributed by atoms with E-state index in [2.05, 4.69) is 27.3 Å². The average molecular weight is 402 g/mol. The molecule has 0 unspecified atom stereocenters. The van der Waals surface area contributed by atoms with Crippen LogP contribution < -0.4 is 26.1 Å². The summed E-state index contributed by atoms with van der Waals surface area (Å²) in [5, 5.41) is 3.71. The van der Waals surface area contributed by atoms with Gasteiger partial charge in [0.15, 0.2) is 11.1 Å². The molecule has 5 rings (SSSR count). The number of hydrogen-bond acceptors (Lipinski definition) is 7. The second-order valence-corrected chi connectivity index (χ2v) is 7.31. The number of hydrogen-bond donors (Lipinski definition) is 2. The molecule has 0 aliphatic carbocycles. The van der Waals surface area contributed by atoms with Crippen molar-refractivity contribution in [2.75, 3.05) is 43.9 Å². The summed E-state index contributed by atoms with van der Waals surface area (Å²) in [5.74, 6) is 0.545. The molecule has 0 amide bonds. The second-order valence-electron chi connectivity index (χ2n) is 7.31. The molecule has 0 saturated carbocycles. The largest absolute Gasteiger partial charge is 0.494 e. The number of nitrogens with zero attached hydrogens (tertiary/aromatic N) is 2. The molecule has 1 aliphatic heterocycles. The van der Waals surface area contributed by atoms with Crippen molar-refractivity contribution < 1.29 is 9.15 Å². The number of nitrogens with one attached hydrogen (secondary N) is 1. The van der Waals surface area contributed by atoms with Gasteiger partial charge in [-0.2, -0.15) is 0 Å². The van der Waals surface area contributed by atoms with Crippen molar-refractivity contribution in [2.24, 2.45) is 0 Å². The molecule has 152 valence electrons. The van der Waals surface area contributed by atoms with Gasteiger partial charge in [0.25, 0.3) is 0 Å². The molecule has 3 heterocycles. The first-order chi connectivity index (χ1) is 14.7. The van der Waals surface area contributed by atoms with Crippen LogP contribution in [0, 0.1) is 0 Å². The summed E-state index contributed by atoms with van der Waals surface area (Å²) in [6.07, 6.45) is 1.56. The number of anilines is 2. The highest BCUT2D eigenvalue weighted by Gasteiger charge is 2.19. The lowest BCUT2D eigenvalue weighted by Crippen LogP contribution is -2.43. The molecule has 2 aromatic carbocycles. The standard InChI is InChI=1S/C23H22N4O3/c1-29-18-13-26-21-22(28)20-16(24)3-2-4-17(20)30-23(21)19(18)14-5-7-15(8-6-14)27-11-9-25-10-12-27/h2-8,13,25H,9-12,24H2,1H3. The van der Waals surface area contributed by atoms with Gasteiger partial charge in [-0.15, -0.1) is 0 Å². The Morgan fingerprint density at radius 3 is 2.63 bits per heavy atom. The zero-order valence-corrected chi connectivity index (χ0v) is 16.6. The van der Waals surface area contributed by atoms with E-state index in [-0.39, 0.29) is 10.9 Å². The zero-order valence-electron chi connectivity index (χ0n) is 16.6. The lowest BCUT2D eigenvalue weighted by molar-refractivity contribution is 0.414. The van der Waals surface area contributed by atoms with Crippen LogP contribution in [0.3, 0.4) is 0 Å². The van der Waals surface area contributed by atoms with Crippen molar-refractivity contribution in [3.63, 3.8) is 0 Å². The first-order valence-electron chi connectivity index (χ1n) is 9.91. The number of piperazine rings is 1. The van der Waals surface area contributed by atoms with Crippen molar-refractivity contribution in [2.45, 2.75) is 0 Å². The Bertz CT molecular complexity index is 1290. The summed E-state index contributed by atoms with van der Waals surface area (Å²) in [4.78, 5) is 19.8. The SMILES string of the molecule is COc1cnc2c(=O)c3c(N)cccc3oc2c1-c1ccc(N2CCNCC2)cc1. The average Bonchev–Trinajstić information content (AvgIpc) is 2.79. The van der Waals surface area contributed by atoms with Gasteiger partial charge in [-0.1, -0.05) is 18.2 Å². The summed E-state index contributed by atoms with van der Waals surface area (Å²) in [6.45, 7) is 3.91. The maximum atomic E-state index is 13.1. The van der Waals surface area contributed by atoms with Crippen LogP contribution in [0.5, 0.6) is 5.75 Å². The van der Waals surface area contributed by atoms with Gasteiger partial charge in [0.05, 0.1) is 24.3 Å². The fourth-order valence-electron chi connectivity index (χ4n) is 4.03. The van der Waals surface area contributed by atoms with Crippen molar-refractivity contribution in [1.82, 2.24) is 10.3 Å². The van der Waals surface area contributed by atoms with Gasteiger partial charge < -0.3 is 25.1 Å². The molecule has 7 heteroatoms. The smallest absolute Gasteiger partial charge is 0.221 e. The van der Waals surface area contributed by atoms with Crippen LogP contribution in [0.15, 0.2) is 57.9 Å². The fourth-order valence-corrected chi connectivity index (χ4v) is 4.03. The van der Waals surface area contributed by atoms with Crippen LogP contribution in [-0.4, -0.2) is 38.3 Å². The van der Waals surface area contributed by atoms with Crippen LogP contribution in [0.2, 0.25) is 0 Å². The molecular weight excluding hydrogens is 380 g/mol. The number of pyridine rings is 1. The monoisotopic (exact) mass is 402 g/mol. The molecule has 1 saturated heterocycles. The first-order valence-corrected chi connectivity index (χ1v) is 9.91. The lowest BCUT2D eigenvalue weighted by atomic mass is 10.0. The molecule has 0 bridgehead atoms. The molecule has 1 fully saturated rings.